The molecule has 0 saturated carbocycles. The van der Waals surface area contributed by atoms with Gasteiger partial charge in [-0.25, -0.2) is 14.6 Å². The third kappa shape index (κ3) is 3.67. The molecule has 1 aliphatic rings. The number of nitrogens with one attached hydrogen (secondary N) is 2. The van der Waals surface area contributed by atoms with Crippen LogP contribution in [0.3, 0.4) is 0 Å². The van der Waals surface area contributed by atoms with Gasteiger partial charge in [0.25, 0.3) is 5.91 Å². The standard InChI is InChI=1S/C18H20N6O4/c1-26-7-5-19-16-13-9-23-24(17(13)22-10-21-16)6-4-20-18(25)12-2-3-14-15(8-12)28-11-27-14/h2-3,8-10H,4-7,11H2,1H3,(H,20,25)(H,19,21,22). The highest BCUT2D eigenvalue weighted by atomic mass is 16.7. The Balaban J connectivity index is 1.38. The van der Waals surface area contributed by atoms with Gasteiger partial charge in [0, 0.05) is 25.8 Å². The minimum Gasteiger partial charge on any atom is -0.454 e. The molecular weight excluding hydrogens is 364 g/mol. The number of anilines is 1. The van der Waals surface area contributed by atoms with E-state index in [1.54, 1.807) is 36.2 Å². The van der Waals surface area contributed by atoms with Crippen molar-refractivity contribution in [3.05, 3.63) is 36.3 Å². The quantitative estimate of drug-likeness (QED) is 0.554. The lowest BCUT2D eigenvalue weighted by Gasteiger charge is -2.08. The summed E-state index contributed by atoms with van der Waals surface area (Å²) in [5.41, 5.74) is 1.22. The van der Waals surface area contributed by atoms with E-state index in [1.807, 2.05) is 0 Å². The zero-order chi connectivity index (χ0) is 19.3. The first-order valence-corrected chi connectivity index (χ1v) is 8.83. The molecule has 0 radical (unpaired) electrons. The molecule has 1 aromatic carbocycles. The molecule has 3 aromatic rings. The van der Waals surface area contributed by atoms with Crippen LogP contribution in [0, 0.1) is 0 Å². The third-order valence-corrected chi connectivity index (χ3v) is 4.28. The summed E-state index contributed by atoms with van der Waals surface area (Å²) in [7, 11) is 1.65. The Bertz CT molecular complexity index is 989. The normalized spacial score (nSPS) is 12.3. The fourth-order valence-corrected chi connectivity index (χ4v) is 2.88. The maximum atomic E-state index is 12.4. The molecule has 10 nitrogen and oxygen atoms in total. The van der Waals surface area contributed by atoms with Gasteiger partial charge < -0.3 is 24.8 Å². The summed E-state index contributed by atoms with van der Waals surface area (Å²) in [6, 6.07) is 5.11. The number of nitrogens with zero attached hydrogens (tertiary/aromatic N) is 4. The third-order valence-electron chi connectivity index (χ3n) is 4.28. The van der Waals surface area contributed by atoms with Crippen molar-refractivity contribution in [2.24, 2.45) is 0 Å². The topological polar surface area (TPSA) is 112 Å². The summed E-state index contributed by atoms with van der Waals surface area (Å²) in [5.74, 6) is 1.74. The second kappa shape index (κ2) is 8.09. The van der Waals surface area contributed by atoms with E-state index in [9.17, 15) is 4.79 Å². The number of amides is 1. The summed E-state index contributed by atoms with van der Waals surface area (Å²) in [5, 5.41) is 11.3. The lowest BCUT2D eigenvalue weighted by atomic mass is 10.2. The van der Waals surface area contributed by atoms with Crippen molar-refractivity contribution < 1.29 is 19.0 Å². The number of fused-ring (bicyclic) bond motifs is 2. The van der Waals surface area contributed by atoms with Gasteiger partial charge in [-0.15, -0.1) is 0 Å². The predicted molar refractivity (Wildman–Crippen MR) is 101 cm³/mol. The molecule has 0 fully saturated rings. The average Bonchev–Trinajstić information content (AvgIpc) is 3.35. The molecule has 28 heavy (non-hydrogen) atoms. The van der Waals surface area contributed by atoms with Crippen LogP contribution in [0.1, 0.15) is 10.4 Å². The van der Waals surface area contributed by atoms with E-state index in [4.69, 9.17) is 14.2 Å². The maximum Gasteiger partial charge on any atom is 0.251 e. The summed E-state index contributed by atoms with van der Waals surface area (Å²) < 4.78 is 17.3. The molecule has 0 saturated heterocycles. The minimum atomic E-state index is -0.189. The Labute approximate surface area is 160 Å². The van der Waals surface area contributed by atoms with Crippen LogP contribution in [0.15, 0.2) is 30.7 Å². The summed E-state index contributed by atoms with van der Waals surface area (Å²) in [6.45, 7) is 2.27. The second-order valence-electron chi connectivity index (χ2n) is 6.07. The lowest BCUT2D eigenvalue weighted by Crippen LogP contribution is -2.27. The first-order valence-electron chi connectivity index (χ1n) is 8.83. The highest BCUT2D eigenvalue weighted by Crippen LogP contribution is 2.32. The van der Waals surface area contributed by atoms with Crippen LogP contribution in [-0.2, 0) is 11.3 Å². The fraction of sp³-hybridized carbons (Fsp3) is 0.333. The van der Waals surface area contributed by atoms with Crippen molar-refractivity contribution in [3.8, 4) is 11.5 Å². The van der Waals surface area contributed by atoms with E-state index < -0.39 is 0 Å². The number of methoxy groups -OCH3 is 1. The molecule has 146 valence electrons. The number of benzene rings is 1. The van der Waals surface area contributed by atoms with E-state index in [-0.39, 0.29) is 12.7 Å². The Morgan fingerprint density at radius 2 is 2.14 bits per heavy atom. The molecule has 4 rings (SSSR count). The van der Waals surface area contributed by atoms with E-state index in [1.165, 1.54) is 6.33 Å². The van der Waals surface area contributed by atoms with Crippen LogP contribution in [0.25, 0.3) is 11.0 Å². The zero-order valence-corrected chi connectivity index (χ0v) is 15.3. The number of aromatic nitrogens is 4. The van der Waals surface area contributed by atoms with Gasteiger partial charge in [-0.1, -0.05) is 0 Å². The largest absolute Gasteiger partial charge is 0.454 e. The first-order chi connectivity index (χ1) is 13.8. The van der Waals surface area contributed by atoms with Crippen molar-refractivity contribution in [3.63, 3.8) is 0 Å². The smallest absolute Gasteiger partial charge is 0.251 e. The Morgan fingerprint density at radius 1 is 1.25 bits per heavy atom. The zero-order valence-electron chi connectivity index (χ0n) is 15.3. The van der Waals surface area contributed by atoms with E-state index in [0.29, 0.717) is 54.8 Å². The van der Waals surface area contributed by atoms with E-state index in [2.05, 4.69) is 25.7 Å². The van der Waals surface area contributed by atoms with E-state index >= 15 is 0 Å². The molecule has 1 amide bonds. The van der Waals surface area contributed by atoms with Crippen molar-refractivity contribution >= 4 is 22.8 Å². The molecule has 2 aromatic heterocycles. The predicted octanol–water partition coefficient (Wildman–Crippen LogP) is 1.04. The first kappa shape index (κ1) is 18.0. The van der Waals surface area contributed by atoms with Gasteiger partial charge in [-0.3, -0.25) is 4.79 Å². The number of ether oxygens (including phenoxy) is 3. The maximum absolute atomic E-state index is 12.4. The molecule has 0 atom stereocenters. The van der Waals surface area contributed by atoms with Crippen LogP contribution in [-0.4, -0.2) is 59.3 Å². The molecule has 2 N–H and O–H groups in total. The summed E-state index contributed by atoms with van der Waals surface area (Å²) in [6.07, 6.45) is 3.20. The monoisotopic (exact) mass is 384 g/mol. The number of rotatable bonds is 8. The van der Waals surface area contributed by atoms with Gasteiger partial charge in [0.05, 0.1) is 24.7 Å². The Kier molecular flexibility index (Phi) is 5.20. The summed E-state index contributed by atoms with van der Waals surface area (Å²) in [4.78, 5) is 20.9. The highest BCUT2D eigenvalue weighted by Gasteiger charge is 2.16. The van der Waals surface area contributed by atoms with Crippen molar-refractivity contribution in [1.82, 2.24) is 25.1 Å². The van der Waals surface area contributed by atoms with Crippen LogP contribution in [0.4, 0.5) is 5.82 Å². The highest BCUT2D eigenvalue weighted by molar-refractivity contribution is 5.95. The molecule has 0 spiro atoms. The fourth-order valence-electron chi connectivity index (χ4n) is 2.88. The van der Waals surface area contributed by atoms with E-state index in [0.717, 1.165) is 5.39 Å². The number of hydrogen-bond acceptors (Lipinski definition) is 8. The number of carbonyl (C=O) groups excluding carboxylic acids is 1. The van der Waals surface area contributed by atoms with Gasteiger partial charge in [-0.05, 0) is 18.2 Å². The minimum absolute atomic E-state index is 0.178. The van der Waals surface area contributed by atoms with Crippen molar-refractivity contribution in [2.45, 2.75) is 6.54 Å². The Hall–Kier alpha value is -3.40. The van der Waals surface area contributed by atoms with Crippen molar-refractivity contribution in [2.75, 3.05) is 38.9 Å². The molecule has 10 heteroatoms. The summed E-state index contributed by atoms with van der Waals surface area (Å²) >= 11 is 0. The number of carbonyl (C=O) groups is 1. The van der Waals surface area contributed by atoms with Crippen LogP contribution >= 0.6 is 0 Å². The van der Waals surface area contributed by atoms with Gasteiger partial charge in [0.2, 0.25) is 6.79 Å². The van der Waals surface area contributed by atoms with Gasteiger partial charge in [0.15, 0.2) is 17.1 Å². The van der Waals surface area contributed by atoms with Gasteiger partial charge in [-0.2, -0.15) is 5.10 Å². The van der Waals surface area contributed by atoms with Gasteiger partial charge >= 0.3 is 0 Å². The lowest BCUT2D eigenvalue weighted by molar-refractivity contribution is 0.0951. The molecular formula is C18H20N6O4. The molecule has 0 aliphatic carbocycles. The average molecular weight is 384 g/mol. The SMILES string of the molecule is COCCNc1ncnc2c1cnn2CCNC(=O)c1ccc2c(c1)OCO2. The molecule has 0 unspecified atom stereocenters. The van der Waals surface area contributed by atoms with Crippen molar-refractivity contribution in [1.29, 1.82) is 0 Å². The Morgan fingerprint density at radius 3 is 3.04 bits per heavy atom. The van der Waals surface area contributed by atoms with Crippen LogP contribution < -0.4 is 20.1 Å². The molecule has 0 bridgehead atoms. The number of hydrogen-bond donors (Lipinski definition) is 2. The molecule has 3 heterocycles. The van der Waals surface area contributed by atoms with Crippen LogP contribution in [0.2, 0.25) is 0 Å². The van der Waals surface area contributed by atoms with Gasteiger partial charge in [0.1, 0.15) is 12.1 Å². The molecule has 1 aliphatic heterocycles. The van der Waals surface area contributed by atoms with Crippen LogP contribution in [0.5, 0.6) is 11.5 Å². The second-order valence-corrected chi connectivity index (χ2v) is 6.07.